The fraction of sp³-hybridized carbons (Fsp3) is 0.444. The standard InChI is InChI=1S/C9H11NO2S/c1-6-5-12-8(9(11)10-6)7-3-2-4-13-7/h3,8H,1-2,4-5H2,(H,10,11). The molecule has 1 unspecified atom stereocenters. The molecule has 2 rings (SSSR count). The lowest BCUT2D eigenvalue weighted by Crippen LogP contribution is -2.42. The highest BCUT2D eigenvalue weighted by molar-refractivity contribution is 8.03. The van der Waals surface area contributed by atoms with E-state index in [0.717, 1.165) is 17.1 Å². The van der Waals surface area contributed by atoms with Gasteiger partial charge in [-0.25, -0.2) is 0 Å². The van der Waals surface area contributed by atoms with E-state index in [1.54, 1.807) is 11.8 Å². The van der Waals surface area contributed by atoms with E-state index in [-0.39, 0.29) is 5.91 Å². The molecule has 0 bridgehead atoms. The van der Waals surface area contributed by atoms with Gasteiger partial charge in [-0.1, -0.05) is 12.7 Å². The Labute approximate surface area is 81.2 Å². The number of rotatable bonds is 1. The van der Waals surface area contributed by atoms with E-state index in [1.807, 2.05) is 0 Å². The SMILES string of the molecule is C=C1COC(C2=CCCS2)C(=O)N1. The number of allylic oxidation sites excluding steroid dienone is 1. The van der Waals surface area contributed by atoms with Gasteiger partial charge in [-0.2, -0.15) is 0 Å². The van der Waals surface area contributed by atoms with Crippen LogP contribution in [0.15, 0.2) is 23.3 Å². The number of thioether (sulfide) groups is 1. The van der Waals surface area contributed by atoms with Gasteiger partial charge in [0.2, 0.25) is 0 Å². The molecule has 0 aliphatic carbocycles. The van der Waals surface area contributed by atoms with Crippen LogP contribution in [0.2, 0.25) is 0 Å². The smallest absolute Gasteiger partial charge is 0.258 e. The van der Waals surface area contributed by atoms with Crippen molar-refractivity contribution in [3.8, 4) is 0 Å². The molecule has 13 heavy (non-hydrogen) atoms. The van der Waals surface area contributed by atoms with Crippen molar-refractivity contribution in [3.63, 3.8) is 0 Å². The fourth-order valence-corrected chi connectivity index (χ4v) is 2.40. The minimum absolute atomic E-state index is 0.0862. The molecule has 0 radical (unpaired) electrons. The first-order valence-corrected chi connectivity index (χ1v) is 5.19. The van der Waals surface area contributed by atoms with E-state index < -0.39 is 6.10 Å². The van der Waals surface area contributed by atoms with Crippen LogP contribution in [0.1, 0.15) is 6.42 Å². The summed E-state index contributed by atoms with van der Waals surface area (Å²) in [6.07, 6.45) is 2.72. The summed E-state index contributed by atoms with van der Waals surface area (Å²) in [7, 11) is 0. The zero-order chi connectivity index (χ0) is 9.26. The van der Waals surface area contributed by atoms with Gasteiger partial charge in [0.05, 0.1) is 6.61 Å². The Morgan fingerprint density at radius 2 is 2.54 bits per heavy atom. The first kappa shape index (κ1) is 8.84. The van der Waals surface area contributed by atoms with Crippen molar-refractivity contribution in [1.82, 2.24) is 5.32 Å². The largest absolute Gasteiger partial charge is 0.357 e. The Balaban J connectivity index is 2.07. The molecule has 3 nitrogen and oxygen atoms in total. The molecule has 4 heteroatoms. The van der Waals surface area contributed by atoms with Gasteiger partial charge in [0, 0.05) is 16.4 Å². The zero-order valence-corrected chi connectivity index (χ0v) is 8.02. The highest BCUT2D eigenvalue weighted by Crippen LogP contribution is 2.30. The first-order valence-electron chi connectivity index (χ1n) is 4.20. The van der Waals surface area contributed by atoms with E-state index in [1.165, 1.54) is 0 Å². The third kappa shape index (κ3) is 1.78. The highest BCUT2D eigenvalue weighted by atomic mass is 32.2. The Morgan fingerprint density at radius 1 is 1.69 bits per heavy atom. The van der Waals surface area contributed by atoms with Crippen LogP contribution >= 0.6 is 11.8 Å². The minimum atomic E-state index is -0.391. The molecule has 70 valence electrons. The normalized spacial score (nSPS) is 28.6. The molecule has 1 N–H and O–H groups in total. The monoisotopic (exact) mass is 197 g/mol. The average molecular weight is 197 g/mol. The molecule has 1 atom stereocenters. The van der Waals surface area contributed by atoms with Crippen molar-refractivity contribution in [3.05, 3.63) is 23.3 Å². The Hall–Kier alpha value is -0.740. The summed E-state index contributed by atoms with van der Waals surface area (Å²) in [6, 6.07) is 0. The van der Waals surface area contributed by atoms with Gasteiger partial charge in [-0.05, 0) is 6.42 Å². The van der Waals surface area contributed by atoms with Crippen LogP contribution in [0.4, 0.5) is 0 Å². The molecule has 0 aromatic heterocycles. The second-order valence-electron chi connectivity index (χ2n) is 3.03. The van der Waals surface area contributed by atoms with E-state index in [2.05, 4.69) is 18.0 Å². The summed E-state index contributed by atoms with van der Waals surface area (Å²) in [5, 5.41) is 2.69. The number of hydrogen-bond donors (Lipinski definition) is 1. The molecule has 2 heterocycles. The summed E-state index contributed by atoms with van der Waals surface area (Å²) in [4.78, 5) is 12.5. The van der Waals surface area contributed by atoms with Crippen LogP contribution in [0.25, 0.3) is 0 Å². The molecule has 1 amide bonds. The van der Waals surface area contributed by atoms with E-state index in [4.69, 9.17) is 4.74 Å². The lowest BCUT2D eigenvalue weighted by Gasteiger charge is -2.24. The van der Waals surface area contributed by atoms with Crippen molar-refractivity contribution >= 4 is 17.7 Å². The molecule has 0 saturated carbocycles. The lowest BCUT2D eigenvalue weighted by molar-refractivity contribution is -0.132. The average Bonchev–Trinajstić information content (AvgIpc) is 2.56. The summed E-state index contributed by atoms with van der Waals surface area (Å²) in [5.74, 6) is 0.973. The molecule has 1 saturated heterocycles. The molecule has 2 aliphatic heterocycles. The van der Waals surface area contributed by atoms with Gasteiger partial charge in [0.15, 0.2) is 6.10 Å². The fourth-order valence-electron chi connectivity index (χ4n) is 1.37. The maximum atomic E-state index is 11.4. The molecule has 1 fully saturated rings. The van der Waals surface area contributed by atoms with Crippen LogP contribution in [-0.2, 0) is 9.53 Å². The molecule has 2 aliphatic rings. The van der Waals surface area contributed by atoms with Crippen LogP contribution in [0.5, 0.6) is 0 Å². The van der Waals surface area contributed by atoms with Gasteiger partial charge < -0.3 is 10.1 Å². The van der Waals surface area contributed by atoms with Gasteiger partial charge in [-0.15, -0.1) is 11.8 Å². The van der Waals surface area contributed by atoms with Crippen molar-refractivity contribution in [2.24, 2.45) is 0 Å². The predicted molar refractivity (Wildman–Crippen MR) is 52.2 cm³/mol. The van der Waals surface area contributed by atoms with Gasteiger partial charge in [0.1, 0.15) is 0 Å². The number of carbonyl (C=O) groups is 1. The molecule has 0 aromatic rings. The van der Waals surface area contributed by atoms with Crippen LogP contribution in [0, 0.1) is 0 Å². The third-order valence-electron chi connectivity index (χ3n) is 1.95. The van der Waals surface area contributed by atoms with Gasteiger partial charge in [-0.3, -0.25) is 4.79 Å². The maximum absolute atomic E-state index is 11.4. The van der Waals surface area contributed by atoms with Crippen molar-refractivity contribution in [1.29, 1.82) is 0 Å². The summed E-state index contributed by atoms with van der Waals surface area (Å²) in [5.41, 5.74) is 0.643. The van der Waals surface area contributed by atoms with Gasteiger partial charge >= 0.3 is 0 Å². The predicted octanol–water partition coefficient (Wildman–Crippen LogP) is 1.04. The quantitative estimate of drug-likeness (QED) is 0.682. The second kappa shape index (κ2) is 3.55. The molecule has 0 aromatic carbocycles. The maximum Gasteiger partial charge on any atom is 0.258 e. The first-order chi connectivity index (χ1) is 6.27. The summed E-state index contributed by atoms with van der Waals surface area (Å²) >= 11 is 1.70. The number of morpholine rings is 1. The number of carbonyl (C=O) groups excluding carboxylic acids is 1. The van der Waals surface area contributed by atoms with Crippen molar-refractivity contribution in [2.75, 3.05) is 12.4 Å². The number of ether oxygens (including phenoxy) is 1. The van der Waals surface area contributed by atoms with Crippen LogP contribution < -0.4 is 5.32 Å². The van der Waals surface area contributed by atoms with Crippen molar-refractivity contribution in [2.45, 2.75) is 12.5 Å². The Morgan fingerprint density at radius 3 is 3.15 bits per heavy atom. The summed E-state index contributed by atoms with van der Waals surface area (Å²) < 4.78 is 5.39. The lowest BCUT2D eigenvalue weighted by atomic mass is 10.2. The van der Waals surface area contributed by atoms with E-state index >= 15 is 0 Å². The molecule has 0 spiro atoms. The third-order valence-corrected chi connectivity index (χ3v) is 3.11. The number of amides is 1. The summed E-state index contributed by atoms with van der Waals surface area (Å²) in [6.45, 7) is 4.07. The van der Waals surface area contributed by atoms with Crippen LogP contribution in [-0.4, -0.2) is 24.4 Å². The minimum Gasteiger partial charge on any atom is -0.357 e. The Kier molecular flexibility index (Phi) is 2.42. The molecular formula is C9H11NO2S. The number of hydrogen-bond acceptors (Lipinski definition) is 3. The van der Waals surface area contributed by atoms with Crippen molar-refractivity contribution < 1.29 is 9.53 Å². The van der Waals surface area contributed by atoms with E-state index in [0.29, 0.717) is 12.3 Å². The van der Waals surface area contributed by atoms with Gasteiger partial charge in [0.25, 0.3) is 5.91 Å². The van der Waals surface area contributed by atoms with Crippen LogP contribution in [0.3, 0.4) is 0 Å². The van der Waals surface area contributed by atoms with E-state index in [9.17, 15) is 4.79 Å². The molecular weight excluding hydrogens is 186 g/mol. The second-order valence-corrected chi connectivity index (χ2v) is 4.20. The Bertz CT molecular complexity index is 285. The topological polar surface area (TPSA) is 38.3 Å². The zero-order valence-electron chi connectivity index (χ0n) is 7.21. The number of nitrogens with one attached hydrogen (secondary N) is 1. The highest BCUT2D eigenvalue weighted by Gasteiger charge is 2.29.